The summed E-state index contributed by atoms with van der Waals surface area (Å²) in [5.41, 5.74) is 1.76. The monoisotopic (exact) mass is 635 g/mol. The molecule has 0 amide bonds. The Morgan fingerprint density at radius 3 is 2.52 bits per heavy atom. The number of carbonyl (C=O) groups is 1. The van der Waals surface area contributed by atoms with Crippen LogP contribution in [0.2, 0.25) is 10.0 Å². The molecular formula is C30H20BrCl2N3O4. The maximum Gasteiger partial charge on any atom is 0.345 e. The molecule has 40 heavy (non-hydrogen) atoms. The molecule has 0 fully saturated rings. The van der Waals surface area contributed by atoms with Gasteiger partial charge < -0.3 is 9.47 Å². The first kappa shape index (κ1) is 27.6. The standard InChI is InChI=1S/C30H20BrCl2N3O4/c1-2-39-27-15-18(7-14-26(27)40-30(38)22-13-12-21(32)16-24(22)33)17-34-36-28(19-8-10-20(31)11-9-19)35-25-6-4-3-5-23(25)29(36)37/h3-17H,2H2,1H3. The van der Waals surface area contributed by atoms with Crippen molar-refractivity contribution in [2.45, 2.75) is 6.92 Å². The molecule has 1 aromatic heterocycles. The van der Waals surface area contributed by atoms with E-state index in [-0.39, 0.29) is 21.9 Å². The zero-order valence-electron chi connectivity index (χ0n) is 21.0. The molecule has 5 rings (SSSR count). The van der Waals surface area contributed by atoms with Crippen molar-refractivity contribution in [1.29, 1.82) is 0 Å². The molecule has 7 nitrogen and oxygen atoms in total. The predicted molar refractivity (Wildman–Crippen MR) is 161 cm³/mol. The molecule has 0 saturated carbocycles. The van der Waals surface area contributed by atoms with Gasteiger partial charge in [0, 0.05) is 15.1 Å². The number of carbonyl (C=O) groups excluding carboxylic acids is 1. The molecule has 0 spiro atoms. The number of aromatic nitrogens is 2. The van der Waals surface area contributed by atoms with Gasteiger partial charge in [0.05, 0.1) is 34.3 Å². The van der Waals surface area contributed by atoms with Gasteiger partial charge in [0.15, 0.2) is 17.3 Å². The molecular weight excluding hydrogens is 617 g/mol. The van der Waals surface area contributed by atoms with Gasteiger partial charge in [0.25, 0.3) is 5.56 Å². The number of hydrogen-bond acceptors (Lipinski definition) is 6. The van der Waals surface area contributed by atoms with Gasteiger partial charge in [0.2, 0.25) is 0 Å². The van der Waals surface area contributed by atoms with Crippen LogP contribution < -0.4 is 15.0 Å². The smallest absolute Gasteiger partial charge is 0.345 e. The average molecular weight is 637 g/mol. The fourth-order valence-corrected chi connectivity index (χ4v) is 4.66. The molecule has 0 radical (unpaired) electrons. The summed E-state index contributed by atoms with van der Waals surface area (Å²) < 4.78 is 13.5. The highest BCUT2D eigenvalue weighted by atomic mass is 79.9. The fraction of sp³-hybridized carbons (Fsp3) is 0.0667. The van der Waals surface area contributed by atoms with Crippen molar-refractivity contribution in [2.24, 2.45) is 5.10 Å². The largest absolute Gasteiger partial charge is 0.490 e. The van der Waals surface area contributed by atoms with E-state index in [9.17, 15) is 9.59 Å². The van der Waals surface area contributed by atoms with Crippen LogP contribution in [0.15, 0.2) is 99.3 Å². The number of rotatable bonds is 7. The maximum absolute atomic E-state index is 13.4. The van der Waals surface area contributed by atoms with Crippen LogP contribution in [0.4, 0.5) is 0 Å². The van der Waals surface area contributed by atoms with E-state index >= 15 is 0 Å². The van der Waals surface area contributed by atoms with Crippen LogP contribution in [0.3, 0.4) is 0 Å². The van der Waals surface area contributed by atoms with Crippen molar-refractivity contribution < 1.29 is 14.3 Å². The van der Waals surface area contributed by atoms with E-state index in [0.717, 1.165) is 10.0 Å². The van der Waals surface area contributed by atoms with E-state index in [1.54, 1.807) is 42.5 Å². The lowest BCUT2D eigenvalue weighted by Gasteiger charge is -2.12. The summed E-state index contributed by atoms with van der Waals surface area (Å²) in [5.74, 6) is 0.261. The highest BCUT2D eigenvalue weighted by molar-refractivity contribution is 9.10. The van der Waals surface area contributed by atoms with Crippen LogP contribution in [-0.4, -0.2) is 28.5 Å². The van der Waals surface area contributed by atoms with Gasteiger partial charge in [-0.25, -0.2) is 9.78 Å². The van der Waals surface area contributed by atoms with Crippen molar-refractivity contribution in [3.63, 3.8) is 0 Å². The molecule has 0 aliphatic heterocycles. The van der Waals surface area contributed by atoms with Crippen LogP contribution in [0, 0.1) is 0 Å². The van der Waals surface area contributed by atoms with E-state index in [1.165, 1.54) is 23.0 Å². The highest BCUT2D eigenvalue weighted by Gasteiger charge is 2.17. The minimum atomic E-state index is -0.656. The second kappa shape index (κ2) is 12.0. The fourth-order valence-electron chi connectivity index (χ4n) is 3.91. The average Bonchev–Trinajstić information content (AvgIpc) is 2.94. The number of benzene rings is 4. The lowest BCUT2D eigenvalue weighted by atomic mass is 10.2. The first-order chi connectivity index (χ1) is 19.3. The highest BCUT2D eigenvalue weighted by Crippen LogP contribution is 2.30. The Morgan fingerprint density at radius 2 is 1.77 bits per heavy atom. The number of halogens is 3. The molecule has 0 atom stereocenters. The molecule has 0 unspecified atom stereocenters. The second-order valence-electron chi connectivity index (χ2n) is 8.47. The first-order valence-corrected chi connectivity index (χ1v) is 13.6. The van der Waals surface area contributed by atoms with Crippen molar-refractivity contribution >= 4 is 62.2 Å². The van der Waals surface area contributed by atoms with Crippen molar-refractivity contribution in [2.75, 3.05) is 6.61 Å². The number of hydrogen-bond donors (Lipinski definition) is 0. The van der Waals surface area contributed by atoms with Crippen LogP contribution >= 0.6 is 39.1 Å². The van der Waals surface area contributed by atoms with E-state index in [0.29, 0.717) is 39.7 Å². The molecule has 0 saturated heterocycles. The summed E-state index contributed by atoms with van der Waals surface area (Å²) in [7, 11) is 0. The van der Waals surface area contributed by atoms with E-state index < -0.39 is 5.97 Å². The summed E-state index contributed by atoms with van der Waals surface area (Å²) in [6.45, 7) is 2.14. The summed E-state index contributed by atoms with van der Waals surface area (Å²) >= 11 is 15.5. The Balaban J connectivity index is 1.51. The van der Waals surface area contributed by atoms with E-state index in [1.807, 2.05) is 37.3 Å². The van der Waals surface area contributed by atoms with Gasteiger partial charge in [-0.1, -0.05) is 63.4 Å². The molecule has 0 N–H and O–H groups in total. The Hall–Kier alpha value is -3.98. The van der Waals surface area contributed by atoms with E-state index in [2.05, 4.69) is 21.0 Å². The van der Waals surface area contributed by atoms with Crippen molar-refractivity contribution in [1.82, 2.24) is 9.66 Å². The molecule has 0 bridgehead atoms. The number of esters is 1. The Labute approximate surface area is 247 Å². The normalized spacial score (nSPS) is 11.2. The molecule has 1 heterocycles. The Bertz CT molecular complexity index is 1820. The molecule has 5 aromatic rings. The van der Waals surface area contributed by atoms with Gasteiger partial charge >= 0.3 is 5.97 Å². The third-order valence-electron chi connectivity index (χ3n) is 5.80. The number of para-hydroxylation sites is 1. The topological polar surface area (TPSA) is 82.8 Å². The summed E-state index contributed by atoms with van der Waals surface area (Å²) in [5, 5.41) is 5.52. The lowest BCUT2D eigenvalue weighted by Crippen LogP contribution is -2.20. The van der Waals surface area contributed by atoms with Gasteiger partial charge in [-0.15, -0.1) is 0 Å². The van der Waals surface area contributed by atoms with Crippen LogP contribution in [0.1, 0.15) is 22.8 Å². The number of fused-ring (bicyclic) bond motifs is 1. The summed E-state index contributed by atoms with van der Waals surface area (Å²) in [6.07, 6.45) is 1.52. The van der Waals surface area contributed by atoms with Crippen molar-refractivity contribution in [3.8, 4) is 22.9 Å². The second-order valence-corrected chi connectivity index (χ2v) is 10.2. The van der Waals surface area contributed by atoms with Gasteiger partial charge in [0.1, 0.15) is 0 Å². The summed E-state index contributed by atoms with van der Waals surface area (Å²) in [4.78, 5) is 30.9. The van der Waals surface area contributed by atoms with Gasteiger partial charge in [-0.2, -0.15) is 9.78 Å². The summed E-state index contributed by atoms with van der Waals surface area (Å²) in [6, 6.07) is 24.0. The van der Waals surface area contributed by atoms with Crippen LogP contribution in [0.25, 0.3) is 22.3 Å². The third-order valence-corrected chi connectivity index (χ3v) is 6.88. The van der Waals surface area contributed by atoms with Gasteiger partial charge in [-0.05, 0) is 73.2 Å². The number of nitrogens with zero attached hydrogens (tertiary/aromatic N) is 3. The quantitative estimate of drug-likeness (QED) is 0.104. The first-order valence-electron chi connectivity index (χ1n) is 12.1. The van der Waals surface area contributed by atoms with Crippen LogP contribution in [-0.2, 0) is 0 Å². The molecule has 10 heteroatoms. The van der Waals surface area contributed by atoms with E-state index in [4.69, 9.17) is 37.7 Å². The molecule has 0 aliphatic rings. The van der Waals surface area contributed by atoms with Gasteiger partial charge in [-0.3, -0.25) is 4.79 Å². The predicted octanol–water partition coefficient (Wildman–Crippen LogP) is 7.63. The Kier molecular flexibility index (Phi) is 8.30. The zero-order chi connectivity index (χ0) is 28.2. The molecule has 4 aromatic carbocycles. The lowest BCUT2D eigenvalue weighted by molar-refractivity contribution is 0.0728. The minimum absolute atomic E-state index is 0.169. The minimum Gasteiger partial charge on any atom is -0.490 e. The Morgan fingerprint density at radius 1 is 1.00 bits per heavy atom. The molecule has 200 valence electrons. The molecule has 0 aliphatic carbocycles. The maximum atomic E-state index is 13.4. The van der Waals surface area contributed by atoms with Crippen molar-refractivity contribution in [3.05, 3.63) is 121 Å². The zero-order valence-corrected chi connectivity index (χ0v) is 24.1. The number of ether oxygens (including phenoxy) is 2. The SMILES string of the molecule is CCOc1cc(C=Nn2c(-c3ccc(Br)cc3)nc3ccccc3c2=O)ccc1OC(=O)c1ccc(Cl)cc1Cl. The third kappa shape index (κ3) is 5.94. The van der Waals surface area contributed by atoms with Crippen LogP contribution in [0.5, 0.6) is 11.5 Å².